The molecule has 0 radical (unpaired) electrons. The average molecular weight is 158 g/mol. The number of hydrogen-bond donors (Lipinski definition) is 0. The predicted octanol–water partition coefficient (Wildman–Crippen LogP) is 3.67. The molecule has 0 aromatic heterocycles. The van der Waals surface area contributed by atoms with Gasteiger partial charge in [-0.05, 0) is 30.5 Å². The molecular formula is C12H14. The normalized spacial score (nSPS) is 10.5. The van der Waals surface area contributed by atoms with Gasteiger partial charge in [-0.15, -0.1) is 0 Å². The molecule has 0 bridgehead atoms. The van der Waals surface area contributed by atoms with Crippen molar-refractivity contribution >= 4 is 12.2 Å². The van der Waals surface area contributed by atoms with Crippen LogP contribution in [0.5, 0.6) is 0 Å². The average Bonchev–Trinajstić information content (AvgIpc) is 2.09. The molecule has 0 unspecified atom stereocenters. The van der Waals surface area contributed by atoms with E-state index in [9.17, 15) is 0 Å². The largest absolute Gasteiger partial charge is 0.0985 e. The fourth-order valence-electron chi connectivity index (χ4n) is 1.25. The van der Waals surface area contributed by atoms with Gasteiger partial charge in [0.25, 0.3) is 0 Å². The second-order valence-corrected chi connectivity index (χ2v) is 2.77. The first-order valence-electron chi connectivity index (χ1n) is 4.14. The Kier molecular flexibility index (Phi) is 2.87. The van der Waals surface area contributed by atoms with Gasteiger partial charge in [0, 0.05) is 0 Å². The zero-order chi connectivity index (χ0) is 8.97. The standard InChI is InChI=1S/C12H14/c1-4-7-12-9-6-8-11(5-2)10(12)3/h4-9H,2H2,1,3H3/b7-4-. The molecule has 1 aromatic carbocycles. The molecule has 0 heterocycles. The van der Waals surface area contributed by atoms with E-state index in [1.54, 1.807) is 0 Å². The van der Waals surface area contributed by atoms with Crippen molar-refractivity contribution in [3.05, 3.63) is 47.5 Å². The van der Waals surface area contributed by atoms with Crippen molar-refractivity contribution in [1.29, 1.82) is 0 Å². The lowest BCUT2D eigenvalue weighted by molar-refractivity contribution is 1.42. The van der Waals surface area contributed by atoms with Crippen LogP contribution >= 0.6 is 0 Å². The summed E-state index contributed by atoms with van der Waals surface area (Å²) in [4.78, 5) is 0. The van der Waals surface area contributed by atoms with Crippen molar-refractivity contribution in [2.24, 2.45) is 0 Å². The summed E-state index contributed by atoms with van der Waals surface area (Å²) in [6.45, 7) is 7.91. The molecule has 0 amide bonds. The van der Waals surface area contributed by atoms with Gasteiger partial charge in [0.2, 0.25) is 0 Å². The van der Waals surface area contributed by atoms with Crippen LogP contribution in [0.15, 0.2) is 30.9 Å². The van der Waals surface area contributed by atoms with Crippen molar-refractivity contribution in [2.45, 2.75) is 13.8 Å². The highest BCUT2D eigenvalue weighted by Gasteiger charge is 1.96. The van der Waals surface area contributed by atoms with E-state index >= 15 is 0 Å². The Morgan fingerprint density at radius 2 is 1.92 bits per heavy atom. The van der Waals surface area contributed by atoms with E-state index < -0.39 is 0 Å². The highest BCUT2D eigenvalue weighted by atomic mass is 14.0. The smallest absolute Gasteiger partial charge is 0.0225 e. The van der Waals surface area contributed by atoms with Gasteiger partial charge in [-0.3, -0.25) is 0 Å². The summed E-state index contributed by atoms with van der Waals surface area (Å²) in [6.07, 6.45) is 6.06. The second kappa shape index (κ2) is 3.91. The molecule has 0 heteroatoms. The van der Waals surface area contributed by atoms with Gasteiger partial charge in [0.15, 0.2) is 0 Å². The van der Waals surface area contributed by atoms with Crippen molar-refractivity contribution in [2.75, 3.05) is 0 Å². The van der Waals surface area contributed by atoms with Crippen LogP contribution in [0.2, 0.25) is 0 Å². The molecule has 1 aromatic rings. The van der Waals surface area contributed by atoms with E-state index in [0.717, 1.165) is 0 Å². The van der Waals surface area contributed by atoms with Crippen molar-refractivity contribution in [3.63, 3.8) is 0 Å². The Bertz CT molecular complexity index is 306. The Morgan fingerprint density at radius 3 is 2.50 bits per heavy atom. The highest BCUT2D eigenvalue weighted by molar-refractivity contribution is 5.62. The molecule has 0 fully saturated rings. The topological polar surface area (TPSA) is 0 Å². The molecule has 0 aliphatic heterocycles. The van der Waals surface area contributed by atoms with Gasteiger partial charge in [0.1, 0.15) is 0 Å². The van der Waals surface area contributed by atoms with Gasteiger partial charge in [-0.25, -0.2) is 0 Å². The third-order valence-corrected chi connectivity index (χ3v) is 1.98. The maximum absolute atomic E-state index is 3.77. The zero-order valence-electron chi connectivity index (χ0n) is 7.67. The Hall–Kier alpha value is -1.30. The van der Waals surface area contributed by atoms with Gasteiger partial charge < -0.3 is 0 Å². The van der Waals surface area contributed by atoms with E-state index in [0.29, 0.717) is 0 Å². The molecule has 0 aliphatic rings. The van der Waals surface area contributed by atoms with E-state index in [1.807, 2.05) is 13.0 Å². The SMILES string of the molecule is C=Cc1cccc(/C=C\C)c1C. The van der Waals surface area contributed by atoms with E-state index in [-0.39, 0.29) is 0 Å². The monoisotopic (exact) mass is 158 g/mol. The summed E-state index contributed by atoms with van der Waals surface area (Å²) < 4.78 is 0. The predicted molar refractivity (Wildman–Crippen MR) is 56.0 cm³/mol. The first-order valence-corrected chi connectivity index (χ1v) is 4.14. The highest BCUT2D eigenvalue weighted by Crippen LogP contribution is 2.15. The number of rotatable bonds is 2. The summed E-state index contributed by atoms with van der Waals surface area (Å²) in [5, 5.41) is 0. The summed E-state index contributed by atoms with van der Waals surface area (Å²) in [5.74, 6) is 0. The molecule has 0 saturated heterocycles. The molecule has 1 rings (SSSR count). The number of benzene rings is 1. The van der Waals surface area contributed by atoms with Crippen LogP contribution in [-0.2, 0) is 0 Å². The maximum atomic E-state index is 3.77. The summed E-state index contributed by atoms with van der Waals surface area (Å²) in [5.41, 5.74) is 3.78. The van der Waals surface area contributed by atoms with Gasteiger partial charge in [-0.1, -0.05) is 43.0 Å². The molecule has 0 atom stereocenters. The summed E-state index contributed by atoms with van der Waals surface area (Å²) in [7, 11) is 0. The van der Waals surface area contributed by atoms with Crippen LogP contribution < -0.4 is 0 Å². The Balaban J connectivity index is 3.22. The molecule has 0 N–H and O–H groups in total. The lowest BCUT2D eigenvalue weighted by atomic mass is 10.0. The molecule has 12 heavy (non-hydrogen) atoms. The van der Waals surface area contributed by atoms with E-state index in [1.165, 1.54) is 16.7 Å². The fourth-order valence-corrected chi connectivity index (χ4v) is 1.25. The Labute approximate surface area is 74.2 Å². The first-order chi connectivity index (χ1) is 5.79. The lowest BCUT2D eigenvalue weighted by Gasteiger charge is -2.03. The molecule has 62 valence electrons. The fraction of sp³-hybridized carbons (Fsp3) is 0.167. The molecule has 0 saturated carbocycles. The third kappa shape index (κ3) is 1.65. The van der Waals surface area contributed by atoms with Crippen LogP contribution in [0.25, 0.3) is 12.2 Å². The van der Waals surface area contributed by atoms with E-state index in [4.69, 9.17) is 0 Å². The van der Waals surface area contributed by atoms with E-state index in [2.05, 4.69) is 43.9 Å². The summed E-state index contributed by atoms with van der Waals surface area (Å²) >= 11 is 0. The van der Waals surface area contributed by atoms with Gasteiger partial charge in [0.05, 0.1) is 0 Å². The van der Waals surface area contributed by atoms with Crippen LogP contribution in [0, 0.1) is 6.92 Å². The van der Waals surface area contributed by atoms with Crippen LogP contribution in [-0.4, -0.2) is 0 Å². The van der Waals surface area contributed by atoms with Crippen LogP contribution in [0.1, 0.15) is 23.6 Å². The van der Waals surface area contributed by atoms with Crippen molar-refractivity contribution < 1.29 is 0 Å². The lowest BCUT2D eigenvalue weighted by Crippen LogP contribution is -1.84. The quantitative estimate of drug-likeness (QED) is 0.616. The number of allylic oxidation sites excluding steroid dienone is 1. The maximum Gasteiger partial charge on any atom is -0.0225 e. The Morgan fingerprint density at radius 1 is 1.25 bits per heavy atom. The molecule has 0 nitrogen and oxygen atoms in total. The van der Waals surface area contributed by atoms with Crippen molar-refractivity contribution in [1.82, 2.24) is 0 Å². The van der Waals surface area contributed by atoms with Crippen LogP contribution in [0.3, 0.4) is 0 Å². The minimum absolute atomic E-state index is 1.21. The summed E-state index contributed by atoms with van der Waals surface area (Å²) in [6, 6.07) is 6.25. The van der Waals surface area contributed by atoms with Crippen LogP contribution in [0.4, 0.5) is 0 Å². The third-order valence-electron chi connectivity index (χ3n) is 1.98. The minimum atomic E-state index is 1.21. The molecule has 0 aliphatic carbocycles. The number of hydrogen-bond acceptors (Lipinski definition) is 0. The second-order valence-electron chi connectivity index (χ2n) is 2.77. The molecule has 0 spiro atoms. The van der Waals surface area contributed by atoms with Crippen molar-refractivity contribution in [3.8, 4) is 0 Å². The van der Waals surface area contributed by atoms with Gasteiger partial charge in [-0.2, -0.15) is 0 Å². The van der Waals surface area contributed by atoms with Gasteiger partial charge >= 0.3 is 0 Å². The zero-order valence-corrected chi connectivity index (χ0v) is 7.67. The minimum Gasteiger partial charge on any atom is -0.0985 e. The first kappa shape index (κ1) is 8.79. The molecular weight excluding hydrogens is 144 g/mol.